The summed E-state index contributed by atoms with van der Waals surface area (Å²) in [6.45, 7) is 6.40. The third-order valence-electron chi connectivity index (χ3n) is 6.31. The highest BCUT2D eigenvalue weighted by Crippen LogP contribution is 2.43. The number of pyridine rings is 1. The quantitative estimate of drug-likeness (QED) is 0.389. The van der Waals surface area contributed by atoms with Crippen LogP contribution >= 0.6 is 12.2 Å². The molecule has 2 unspecified atom stereocenters. The van der Waals surface area contributed by atoms with Crippen LogP contribution in [0.5, 0.6) is 5.75 Å². The van der Waals surface area contributed by atoms with Crippen LogP contribution in [0.2, 0.25) is 0 Å². The van der Waals surface area contributed by atoms with Gasteiger partial charge in [-0.25, -0.2) is 0 Å². The highest BCUT2D eigenvalue weighted by Gasteiger charge is 2.42. The van der Waals surface area contributed by atoms with Gasteiger partial charge < -0.3 is 19.9 Å². The summed E-state index contributed by atoms with van der Waals surface area (Å²) in [5.74, 6) is 0.229. The lowest BCUT2D eigenvalue weighted by molar-refractivity contribution is 0.475. The van der Waals surface area contributed by atoms with Crippen LogP contribution < -0.4 is 10.2 Å². The van der Waals surface area contributed by atoms with Gasteiger partial charge in [0, 0.05) is 29.0 Å². The highest BCUT2D eigenvalue weighted by molar-refractivity contribution is 7.80. The van der Waals surface area contributed by atoms with Crippen molar-refractivity contribution in [2.45, 2.75) is 32.9 Å². The van der Waals surface area contributed by atoms with E-state index in [1.807, 2.05) is 36.5 Å². The van der Waals surface area contributed by atoms with Crippen LogP contribution in [-0.2, 0) is 0 Å². The third kappa shape index (κ3) is 3.76. The topological polar surface area (TPSA) is 53.3 Å². The summed E-state index contributed by atoms with van der Waals surface area (Å²) in [6, 6.07) is 23.8. The van der Waals surface area contributed by atoms with E-state index in [1.54, 1.807) is 12.1 Å². The molecule has 6 heteroatoms. The number of anilines is 1. The molecule has 1 fully saturated rings. The Labute approximate surface area is 199 Å². The number of aromatic nitrogens is 2. The first-order valence-electron chi connectivity index (χ1n) is 11.0. The molecule has 0 aliphatic carbocycles. The van der Waals surface area contributed by atoms with Gasteiger partial charge in [0.1, 0.15) is 5.75 Å². The molecule has 2 atom stereocenters. The zero-order valence-electron chi connectivity index (χ0n) is 18.9. The molecule has 0 amide bonds. The minimum absolute atomic E-state index is 0.0951. The average Bonchev–Trinajstić information content (AvgIpc) is 3.31. The second-order valence-electron chi connectivity index (χ2n) is 8.51. The predicted octanol–water partition coefficient (Wildman–Crippen LogP) is 5.68. The van der Waals surface area contributed by atoms with Crippen molar-refractivity contribution < 1.29 is 5.11 Å². The number of nitrogens with zero attached hydrogens (tertiary/aromatic N) is 3. The van der Waals surface area contributed by atoms with Crippen molar-refractivity contribution in [1.82, 2.24) is 14.9 Å². The summed E-state index contributed by atoms with van der Waals surface area (Å²) in [5, 5.41) is 14.0. The number of rotatable bonds is 4. The number of hydrogen-bond donors (Lipinski definition) is 2. The largest absolute Gasteiger partial charge is 0.508 e. The Balaban J connectivity index is 1.67. The van der Waals surface area contributed by atoms with E-state index in [0.29, 0.717) is 5.11 Å². The Bertz CT molecular complexity index is 1300. The predicted molar refractivity (Wildman–Crippen MR) is 136 cm³/mol. The van der Waals surface area contributed by atoms with Crippen LogP contribution in [0.1, 0.15) is 40.3 Å². The van der Waals surface area contributed by atoms with Gasteiger partial charge in [-0.15, -0.1) is 0 Å². The Morgan fingerprint density at radius 1 is 0.909 bits per heavy atom. The maximum Gasteiger partial charge on any atom is 0.174 e. The number of nitrogens with one attached hydrogen (secondary N) is 1. The normalized spacial score (nSPS) is 17.9. The minimum atomic E-state index is -0.112. The summed E-state index contributed by atoms with van der Waals surface area (Å²) in [4.78, 5) is 6.78. The highest BCUT2D eigenvalue weighted by atomic mass is 32.1. The summed E-state index contributed by atoms with van der Waals surface area (Å²) in [7, 11) is 0. The summed E-state index contributed by atoms with van der Waals surface area (Å²) in [5.41, 5.74) is 7.75. The van der Waals surface area contributed by atoms with Crippen molar-refractivity contribution in [2.75, 3.05) is 4.90 Å². The van der Waals surface area contributed by atoms with Gasteiger partial charge >= 0.3 is 0 Å². The standard InChI is InChI=1S/C27H26N4OS/c1-17-7-9-20(10-8-17)30-18(2)16-23(19(30)3)26-25(24-6-4-5-15-28-24)29-27(33)31(26)21-11-13-22(32)14-12-21/h4-16,25-26,32H,1-3H3,(H,29,33). The van der Waals surface area contributed by atoms with Gasteiger partial charge in [0.2, 0.25) is 0 Å². The van der Waals surface area contributed by atoms with E-state index in [2.05, 4.69) is 70.9 Å². The molecular weight excluding hydrogens is 428 g/mol. The Kier molecular flexibility index (Phi) is 5.38. The molecule has 0 radical (unpaired) electrons. The molecule has 0 spiro atoms. The van der Waals surface area contributed by atoms with Crippen LogP contribution in [0.25, 0.3) is 5.69 Å². The van der Waals surface area contributed by atoms with Crippen molar-refractivity contribution in [3.05, 3.63) is 107 Å². The Morgan fingerprint density at radius 3 is 2.27 bits per heavy atom. The number of benzene rings is 2. The SMILES string of the molecule is Cc1ccc(-n2c(C)cc(C3C(c4ccccn4)NC(=S)N3c3ccc(O)cc3)c2C)cc1. The molecule has 5 nitrogen and oxygen atoms in total. The minimum Gasteiger partial charge on any atom is -0.508 e. The maximum absolute atomic E-state index is 9.83. The molecule has 1 saturated heterocycles. The second kappa shape index (κ2) is 8.37. The monoisotopic (exact) mass is 454 g/mol. The smallest absolute Gasteiger partial charge is 0.174 e. The first kappa shape index (κ1) is 21.2. The molecule has 1 aliphatic rings. The fourth-order valence-electron chi connectivity index (χ4n) is 4.74. The molecule has 33 heavy (non-hydrogen) atoms. The summed E-state index contributed by atoms with van der Waals surface area (Å²) >= 11 is 5.82. The van der Waals surface area contributed by atoms with E-state index in [-0.39, 0.29) is 17.8 Å². The summed E-state index contributed by atoms with van der Waals surface area (Å²) < 4.78 is 2.29. The number of hydrogen-bond acceptors (Lipinski definition) is 3. The fourth-order valence-corrected chi connectivity index (χ4v) is 5.09. The van der Waals surface area contributed by atoms with Crippen molar-refractivity contribution in [2.24, 2.45) is 0 Å². The molecule has 2 aromatic carbocycles. The van der Waals surface area contributed by atoms with E-state index < -0.39 is 0 Å². The lowest BCUT2D eigenvalue weighted by Gasteiger charge is -2.28. The Hall–Kier alpha value is -3.64. The van der Waals surface area contributed by atoms with Gasteiger partial charge in [-0.3, -0.25) is 4.98 Å². The van der Waals surface area contributed by atoms with Gasteiger partial charge in [-0.05, 0) is 93.1 Å². The van der Waals surface area contributed by atoms with Crippen LogP contribution in [0.15, 0.2) is 79.0 Å². The van der Waals surface area contributed by atoms with E-state index >= 15 is 0 Å². The molecule has 3 heterocycles. The lowest BCUT2D eigenvalue weighted by Crippen LogP contribution is -2.29. The van der Waals surface area contributed by atoms with E-state index in [4.69, 9.17) is 12.2 Å². The molecular formula is C27H26N4OS. The van der Waals surface area contributed by atoms with Crippen molar-refractivity contribution in [3.8, 4) is 11.4 Å². The molecule has 5 rings (SSSR count). The average molecular weight is 455 g/mol. The first-order chi connectivity index (χ1) is 15.9. The molecule has 1 aliphatic heterocycles. The van der Waals surface area contributed by atoms with E-state index in [9.17, 15) is 5.11 Å². The van der Waals surface area contributed by atoms with Gasteiger partial charge in [-0.2, -0.15) is 0 Å². The third-order valence-corrected chi connectivity index (χ3v) is 6.62. The van der Waals surface area contributed by atoms with Gasteiger partial charge in [0.15, 0.2) is 5.11 Å². The zero-order valence-corrected chi connectivity index (χ0v) is 19.7. The van der Waals surface area contributed by atoms with Gasteiger partial charge in [0.25, 0.3) is 0 Å². The van der Waals surface area contributed by atoms with Gasteiger partial charge in [-0.1, -0.05) is 23.8 Å². The van der Waals surface area contributed by atoms with Crippen molar-refractivity contribution in [3.63, 3.8) is 0 Å². The molecule has 0 bridgehead atoms. The lowest BCUT2D eigenvalue weighted by atomic mass is 9.96. The molecule has 0 saturated carbocycles. The summed E-state index contributed by atoms with van der Waals surface area (Å²) in [6.07, 6.45) is 1.82. The number of aromatic hydroxyl groups is 1. The number of phenolic OH excluding ortho intramolecular Hbond substituents is 1. The van der Waals surface area contributed by atoms with Crippen molar-refractivity contribution in [1.29, 1.82) is 0 Å². The molecule has 166 valence electrons. The molecule has 2 aromatic heterocycles. The van der Waals surface area contributed by atoms with Gasteiger partial charge in [0.05, 0.1) is 17.8 Å². The van der Waals surface area contributed by atoms with Crippen LogP contribution in [-0.4, -0.2) is 19.8 Å². The van der Waals surface area contributed by atoms with E-state index in [0.717, 1.165) is 28.5 Å². The van der Waals surface area contributed by atoms with Crippen LogP contribution in [0.3, 0.4) is 0 Å². The van der Waals surface area contributed by atoms with Crippen LogP contribution in [0, 0.1) is 20.8 Å². The number of phenols is 1. The zero-order chi connectivity index (χ0) is 23.1. The van der Waals surface area contributed by atoms with Crippen LogP contribution in [0.4, 0.5) is 5.69 Å². The first-order valence-corrected chi connectivity index (χ1v) is 11.4. The molecule has 4 aromatic rings. The van der Waals surface area contributed by atoms with Crippen molar-refractivity contribution >= 4 is 23.0 Å². The molecule has 2 N–H and O–H groups in total. The number of thiocarbonyl (C=S) groups is 1. The second-order valence-corrected chi connectivity index (χ2v) is 8.90. The Morgan fingerprint density at radius 2 is 1.61 bits per heavy atom. The van der Waals surface area contributed by atoms with E-state index in [1.165, 1.54) is 11.1 Å². The fraction of sp³-hybridized carbons (Fsp3) is 0.185. The number of aryl methyl sites for hydroxylation is 2. The maximum atomic E-state index is 9.83.